The van der Waals surface area contributed by atoms with Gasteiger partial charge in [-0.1, -0.05) is 24.1 Å². The van der Waals surface area contributed by atoms with Gasteiger partial charge in [-0.3, -0.25) is 0 Å². The van der Waals surface area contributed by atoms with E-state index in [9.17, 15) is 4.21 Å². The predicted octanol–water partition coefficient (Wildman–Crippen LogP) is 1.77. The van der Waals surface area contributed by atoms with E-state index in [1.54, 1.807) is 19.1 Å². The van der Waals surface area contributed by atoms with Crippen LogP contribution in [0.15, 0.2) is 35.2 Å². The maximum Gasteiger partial charge on any atom is 0.130 e. The van der Waals surface area contributed by atoms with Crippen molar-refractivity contribution in [1.29, 1.82) is 0 Å². The van der Waals surface area contributed by atoms with Gasteiger partial charge in [0.25, 0.3) is 0 Å². The van der Waals surface area contributed by atoms with Gasteiger partial charge in [0.05, 0.1) is 4.90 Å². The summed E-state index contributed by atoms with van der Waals surface area (Å²) in [6, 6.07) is 9.20. The Bertz CT molecular complexity index is 305. The third-order valence-corrected chi connectivity index (χ3v) is 2.24. The average Bonchev–Trinajstić information content (AvgIpc) is 2.07. The van der Waals surface area contributed by atoms with Crippen LogP contribution < -0.4 is 0 Å². The summed E-state index contributed by atoms with van der Waals surface area (Å²) in [7, 11) is -1.14. The Morgan fingerprint density at radius 2 is 1.91 bits per heavy atom. The van der Waals surface area contributed by atoms with Gasteiger partial charge in [0, 0.05) is 5.25 Å². The first kappa shape index (κ1) is 8.03. The van der Waals surface area contributed by atoms with Gasteiger partial charge in [-0.2, -0.15) is 0 Å². The lowest BCUT2D eigenvalue weighted by molar-refractivity contribution is 0.689. The molecule has 1 unspecified atom stereocenters. The van der Waals surface area contributed by atoms with Crippen molar-refractivity contribution in [3.8, 4) is 11.2 Å². The van der Waals surface area contributed by atoms with Crippen LogP contribution in [0, 0.1) is 11.2 Å². The second kappa shape index (κ2) is 3.95. The van der Waals surface area contributed by atoms with Crippen molar-refractivity contribution in [3.05, 3.63) is 30.3 Å². The van der Waals surface area contributed by atoms with Crippen LogP contribution in [0.25, 0.3) is 0 Å². The highest BCUT2D eigenvalue weighted by molar-refractivity contribution is 7.89. The molecule has 0 radical (unpaired) electrons. The zero-order valence-corrected chi connectivity index (χ0v) is 7.02. The van der Waals surface area contributed by atoms with Gasteiger partial charge in [0.15, 0.2) is 0 Å². The molecule has 56 valence electrons. The first-order valence-corrected chi connectivity index (χ1v) is 4.39. The Kier molecular flexibility index (Phi) is 2.88. The standard InChI is InChI=1S/C9H8OS/c1-2-8-11(10)9-6-4-3-5-7-9/h3-7H,1H3. The van der Waals surface area contributed by atoms with Crippen LogP contribution in [-0.4, -0.2) is 4.21 Å². The van der Waals surface area contributed by atoms with Crippen LogP contribution in [0.5, 0.6) is 0 Å². The molecule has 11 heavy (non-hydrogen) atoms. The van der Waals surface area contributed by atoms with E-state index in [1.165, 1.54) is 0 Å². The van der Waals surface area contributed by atoms with Crippen molar-refractivity contribution in [1.82, 2.24) is 0 Å². The molecule has 0 fully saturated rings. The van der Waals surface area contributed by atoms with E-state index in [4.69, 9.17) is 0 Å². The van der Waals surface area contributed by atoms with Gasteiger partial charge < -0.3 is 0 Å². The van der Waals surface area contributed by atoms with Crippen molar-refractivity contribution in [2.45, 2.75) is 11.8 Å². The molecule has 0 aromatic heterocycles. The molecule has 0 saturated carbocycles. The van der Waals surface area contributed by atoms with Gasteiger partial charge in [0.2, 0.25) is 0 Å². The lowest BCUT2D eigenvalue weighted by atomic mass is 10.4. The van der Waals surface area contributed by atoms with Crippen LogP contribution in [0.4, 0.5) is 0 Å². The number of benzene rings is 1. The molecule has 0 saturated heterocycles. The molecule has 0 aliphatic carbocycles. The molecule has 1 atom stereocenters. The summed E-state index contributed by atoms with van der Waals surface area (Å²) < 4.78 is 11.2. The molecule has 0 amide bonds. The summed E-state index contributed by atoms with van der Waals surface area (Å²) in [5.74, 6) is 2.62. The molecule has 1 aromatic carbocycles. The Morgan fingerprint density at radius 3 is 2.45 bits per heavy atom. The maximum absolute atomic E-state index is 11.2. The fourth-order valence-corrected chi connectivity index (χ4v) is 1.40. The smallest absolute Gasteiger partial charge is 0.130 e. The topological polar surface area (TPSA) is 17.1 Å². The first-order valence-electron chi connectivity index (χ1n) is 3.24. The minimum absolute atomic E-state index is 0.766. The highest BCUT2D eigenvalue weighted by Gasteiger charge is 1.95. The molecule has 0 spiro atoms. The molecule has 0 aliphatic heterocycles. The molecular weight excluding hydrogens is 156 g/mol. The highest BCUT2D eigenvalue weighted by Crippen LogP contribution is 2.03. The maximum atomic E-state index is 11.2. The zero-order chi connectivity index (χ0) is 8.10. The molecule has 0 bridgehead atoms. The Labute approximate surface area is 68.9 Å². The third-order valence-electron chi connectivity index (χ3n) is 1.15. The molecule has 1 rings (SSSR count). The summed E-state index contributed by atoms with van der Waals surface area (Å²) in [5, 5.41) is 2.58. The number of hydrogen-bond acceptors (Lipinski definition) is 1. The lowest BCUT2D eigenvalue weighted by Crippen LogP contribution is -1.84. The summed E-state index contributed by atoms with van der Waals surface area (Å²) in [4.78, 5) is 0.766. The summed E-state index contributed by atoms with van der Waals surface area (Å²) in [5.41, 5.74) is 0. The van der Waals surface area contributed by atoms with Crippen LogP contribution in [0.2, 0.25) is 0 Å². The monoisotopic (exact) mass is 164 g/mol. The second-order valence-corrected chi connectivity index (χ2v) is 3.15. The molecule has 0 N–H and O–H groups in total. The van der Waals surface area contributed by atoms with E-state index >= 15 is 0 Å². The van der Waals surface area contributed by atoms with Crippen molar-refractivity contribution < 1.29 is 4.21 Å². The predicted molar refractivity (Wildman–Crippen MR) is 46.3 cm³/mol. The van der Waals surface area contributed by atoms with E-state index in [-0.39, 0.29) is 0 Å². The van der Waals surface area contributed by atoms with Crippen molar-refractivity contribution >= 4 is 10.8 Å². The molecule has 2 heteroatoms. The lowest BCUT2D eigenvalue weighted by Gasteiger charge is -1.90. The average molecular weight is 164 g/mol. The summed E-state index contributed by atoms with van der Waals surface area (Å²) >= 11 is 0. The van der Waals surface area contributed by atoms with Gasteiger partial charge >= 0.3 is 0 Å². The Hall–Kier alpha value is -1.07. The van der Waals surface area contributed by atoms with E-state index in [2.05, 4.69) is 11.2 Å². The van der Waals surface area contributed by atoms with Crippen molar-refractivity contribution in [3.63, 3.8) is 0 Å². The SMILES string of the molecule is CC#CS(=O)c1ccccc1. The largest absolute Gasteiger partial charge is 0.240 e. The minimum Gasteiger partial charge on any atom is -0.240 e. The van der Waals surface area contributed by atoms with Gasteiger partial charge in [-0.25, -0.2) is 4.21 Å². The summed E-state index contributed by atoms with van der Waals surface area (Å²) in [6.45, 7) is 1.68. The molecule has 1 nitrogen and oxygen atoms in total. The van der Waals surface area contributed by atoms with E-state index in [0.717, 1.165) is 4.90 Å². The summed E-state index contributed by atoms with van der Waals surface area (Å²) in [6.07, 6.45) is 0. The van der Waals surface area contributed by atoms with E-state index in [1.807, 2.05) is 18.2 Å². The normalized spacial score (nSPS) is 11.4. The third kappa shape index (κ3) is 2.21. The Morgan fingerprint density at radius 1 is 1.27 bits per heavy atom. The number of hydrogen-bond donors (Lipinski definition) is 0. The fraction of sp³-hybridized carbons (Fsp3) is 0.111. The minimum atomic E-state index is -1.14. The van der Waals surface area contributed by atoms with Crippen molar-refractivity contribution in [2.24, 2.45) is 0 Å². The molecule has 0 aliphatic rings. The van der Waals surface area contributed by atoms with Gasteiger partial charge in [-0.05, 0) is 19.1 Å². The molecule has 0 heterocycles. The van der Waals surface area contributed by atoms with Crippen LogP contribution in [-0.2, 0) is 10.8 Å². The van der Waals surface area contributed by atoms with E-state index < -0.39 is 10.8 Å². The van der Waals surface area contributed by atoms with E-state index in [0.29, 0.717) is 0 Å². The molecule has 1 aromatic rings. The van der Waals surface area contributed by atoms with Gasteiger partial charge in [-0.15, -0.1) is 0 Å². The fourth-order valence-electron chi connectivity index (χ4n) is 0.696. The van der Waals surface area contributed by atoms with Crippen molar-refractivity contribution in [2.75, 3.05) is 0 Å². The molecular formula is C9H8OS. The highest BCUT2D eigenvalue weighted by atomic mass is 32.2. The van der Waals surface area contributed by atoms with Crippen LogP contribution in [0.3, 0.4) is 0 Å². The number of rotatable bonds is 1. The first-order chi connectivity index (χ1) is 5.34. The van der Waals surface area contributed by atoms with Gasteiger partial charge in [0.1, 0.15) is 10.8 Å². The zero-order valence-electron chi connectivity index (χ0n) is 6.20. The van der Waals surface area contributed by atoms with Crippen LogP contribution >= 0.6 is 0 Å². The quantitative estimate of drug-likeness (QED) is 0.578. The van der Waals surface area contributed by atoms with Crippen LogP contribution in [0.1, 0.15) is 6.92 Å². The Balaban J connectivity index is 2.92. The second-order valence-electron chi connectivity index (χ2n) is 1.93.